The molecule has 0 N–H and O–H groups in total. The van der Waals surface area contributed by atoms with E-state index in [1.165, 1.54) is 109 Å². The van der Waals surface area contributed by atoms with Crippen LogP contribution >= 0.6 is 0 Å². The Morgan fingerprint density at radius 2 is 1.03 bits per heavy atom. The van der Waals surface area contributed by atoms with Gasteiger partial charge in [0.25, 0.3) is 0 Å². The lowest BCUT2D eigenvalue weighted by Gasteiger charge is -2.13. The maximum Gasteiger partial charge on any atom is 0.333 e. The van der Waals surface area contributed by atoms with E-state index in [-0.39, 0.29) is 12.6 Å². The van der Waals surface area contributed by atoms with E-state index >= 15 is 0 Å². The number of hydrogen-bond acceptors (Lipinski definition) is 4. The molecule has 0 aliphatic rings. The second-order valence-electron chi connectivity index (χ2n) is 9.79. The summed E-state index contributed by atoms with van der Waals surface area (Å²) in [7, 11) is 0. The van der Waals surface area contributed by atoms with E-state index < -0.39 is 12.1 Å². The van der Waals surface area contributed by atoms with Gasteiger partial charge in [0, 0.05) is 12.0 Å². The molecule has 0 radical (unpaired) electrons. The minimum absolute atomic E-state index is 0.0800. The van der Waals surface area contributed by atoms with Crippen molar-refractivity contribution in [2.45, 2.75) is 155 Å². The lowest BCUT2D eigenvalue weighted by atomic mass is 10.0. The number of hydrogen-bond donors (Lipinski definition) is 0. The summed E-state index contributed by atoms with van der Waals surface area (Å²) < 4.78 is 10.3. The largest absolute Gasteiger partial charge is 0.459 e. The Morgan fingerprint density at radius 3 is 1.39 bits per heavy atom. The Hall–Kier alpha value is -1.32. The summed E-state index contributed by atoms with van der Waals surface area (Å²) in [6.07, 6.45) is 25.5. The molecule has 0 saturated heterocycles. The Kier molecular flexibility index (Phi) is 22.9. The zero-order valence-corrected chi connectivity index (χ0v) is 22.3. The van der Waals surface area contributed by atoms with Gasteiger partial charge in [0.1, 0.15) is 12.7 Å². The Labute approximate surface area is 205 Å². The molecule has 0 spiro atoms. The highest BCUT2D eigenvalue weighted by atomic mass is 16.6. The highest BCUT2D eigenvalue weighted by Gasteiger charge is 2.12. The maximum atomic E-state index is 11.8. The second kappa shape index (κ2) is 23.8. The normalized spacial score (nSPS) is 11.8. The van der Waals surface area contributed by atoms with Gasteiger partial charge >= 0.3 is 11.9 Å². The fourth-order valence-electron chi connectivity index (χ4n) is 3.98. The summed E-state index contributed by atoms with van der Waals surface area (Å²) in [5, 5.41) is 0. The van der Waals surface area contributed by atoms with Crippen LogP contribution in [0.25, 0.3) is 0 Å². The minimum Gasteiger partial charge on any atom is -0.459 e. The van der Waals surface area contributed by atoms with Crippen molar-refractivity contribution in [3.8, 4) is 0 Å². The molecule has 194 valence electrons. The van der Waals surface area contributed by atoms with Gasteiger partial charge in [-0.05, 0) is 20.3 Å². The number of rotatable bonds is 24. The first kappa shape index (κ1) is 31.7. The third kappa shape index (κ3) is 23.6. The molecule has 0 fully saturated rings. The number of unbranched alkanes of at least 4 members (excludes halogenated alkanes) is 18. The highest BCUT2D eigenvalue weighted by Crippen LogP contribution is 2.15. The van der Waals surface area contributed by atoms with Crippen LogP contribution in [-0.4, -0.2) is 24.6 Å². The van der Waals surface area contributed by atoms with Gasteiger partial charge in [-0.15, -0.1) is 0 Å². The summed E-state index contributed by atoms with van der Waals surface area (Å²) in [6, 6.07) is 0. The van der Waals surface area contributed by atoms with Gasteiger partial charge in [-0.25, -0.2) is 4.79 Å². The SMILES string of the molecule is C=C(C)C(=O)OCC(C)OC(=O)CCCCCCCCCCCCCCCCCCCCC. The summed E-state index contributed by atoms with van der Waals surface area (Å²) in [5.74, 6) is -0.655. The van der Waals surface area contributed by atoms with Crippen LogP contribution in [0.3, 0.4) is 0 Å². The summed E-state index contributed by atoms with van der Waals surface area (Å²) in [6.45, 7) is 9.22. The van der Waals surface area contributed by atoms with Gasteiger partial charge in [0.15, 0.2) is 0 Å². The number of esters is 2. The molecule has 4 heteroatoms. The van der Waals surface area contributed by atoms with Gasteiger partial charge in [-0.3, -0.25) is 4.79 Å². The van der Waals surface area contributed by atoms with Crippen LogP contribution in [0, 0.1) is 0 Å². The second-order valence-corrected chi connectivity index (χ2v) is 9.79. The molecular weight excluding hydrogens is 412 g/mol. The molecule has 0 aromatic carbocycles. The third-order valence-corrected chi connectivity index (χ3v) is 6.11. The maximum absolute atomic E-state index is 11.8. The van der Waals surface area contributed by atoms with Crippen LogP contribution in [0.15, 0.2) is 12.2 Å². The third-order valence-electron chi connectivity index (χ3n) is 6.11. The smallest absolute Gasteiger partial charge is 0.333 e. The fraction of sp³-hybridized carbons (Fsp3) is 0.862. The van der Waals surface area contributed by atoms with E-state index in [4.69, 9.17) is 9.47 Å². The standard InChI is InChI=1S/C29H54O4/c1-5-6-7-8-9-10-11-12-13-14-15-16-17-18-19-20-21-22-23-24-28(30)33-27(4)25-32-29(31)26(2)3/h27H,2,5-25H2,1,3-4H3. The van der Waals surface area contributed by atoms with Crippen LogP contribution in [0.1, 0.15) is 149 Å². The molecule has 0 rings (SSSR count). The van der Waals surface area contributed by atoms with Crippen molar-refractivity contribution in [2.24, 2.45) is 0 Å². The topological polar surface area (TPSA) is 52.6 Å². The van der Waals surface area contributed by atoms with E-state index in [9.17, 15) is 9.59 Å². The summed E-state index contributed by atoms with van der Waals surface area (Å²) >= 11 is 0. The molecule has 1 unspecified atom stereocenters. The molecule has 0 aliphatic heterocycles. The van der Waals surface area contributed by atoms with Gasteiger partial charge in [0.05, 0.1) is 0 Å². The van der Waals surface area contributed by atoms with Crippen molar-refractivity contribution in [1.82, 2.24) is 0 Å². The van der Waals surface area contributed by atoms with Crippen LogP contribution in [0.2, 0.25) is 0 Å². The van der Waals surface area contributed by atoms with Crippen LogP contribution in [0.4, 0.5) is 0 Å². The molecule has 0 aliphatic carbocycles. The van der Waals surface area contributed by atoms with Crippen LogP contribution in [0.5, 0.6) is 0 Å². The highest BCUT2D eigenvalue weighted by molar-refractivity contribution is 5.86. The fourth-order valence-corrected chi connectivity index (χ4v) is 3.98. The van der Waals surface area contributed by atoms with E-state index in [1.807, 2.05) is 0 Å². The molecule has 33 heavy (non-hydrogen) atoms. The molecule has 4 nitrogen and oxygen atoms in total. The van der Waals surface area contributed by atoms with Gasteiger partial charge < -0.3 is 9.47 Å². The first-order valence-corrected chi connectivity index (χ1v) is 14.0. The van der Waals surface area contributed by atoms with Crippen molar-refractivity contribution in [1.29, 1.82) is 0 Å². The number of carbonyl (C=O) groups is 2. The number of ether oxygens (including phenoxy) is 2. The number of carbonyl (C=O) groups excluding carboxylic acids is 2. The predicted molar refractivity (Wildman–Crippen MR) is 139 cm³/mol. The van der Waals surface area contributed by atoms with Crippen molar-refractivity contribution in [3.63, 3.8) is 0 Å². The van der Waals surface area contributed by atoms with Crippen molar-refractivity contribution >= 4 is 11.9 Å². The van der Waals surface area contributed by atoms with Crippen LogP contribution in [-0.2, 0) is 19.1 Å². The average Bonchev–Trinajstić information content (AvgIpc) is 2.78. The zero-order chi connectivity index (χ0) is 24.6. The lowest BCUT2D eigenvalue weighted by Crippen LogP contribution is -2.22. The predicted octanol–water partition coefficient (Wildman–Crippen LogP) is 8.86. The molecule has 0 aromatic heterocycles. The Morgan fingerprint density at radius 1 is 0.667 bits per heavy atom. The summed E-state index contributed by atoms with van der Waals surface area (Å²) in [5.41, 5.74) is 0.350. The first-order chi connectivity index (χ1) is 16.0. The van der Waals surface area contributed by atoms with Gasteiger partial charge in [-0.1, -0.05) is 129 Å². The molecular formula is C29H54O4. The molecule has 0 saturated carbocycles. The van der Waals surface area contributed by atoms with Gasteiger partial charge in [0.2, 0.25) is 0 Å². The molecule has 1 atom stereocenters. The lowest BCUT2D eigenvalue weighted by molar-refractivity contribution is -0.156. The van der Waals surface area contributed by atoms with Crippen molar-refractivity contribution in [2.75, 3.05) is 6.61 Å². The van der Waals surface area contributed by atoms with E-state index in [0.717, 1.165) is 12.8 Å². The van der Waals surface area contributed by atoms with Crippen LogP contribution < -0.4 is 0 Å². The molecule has 0 aromatic rings. The van der Waals surface area contributed by atoms with Gasteiger partial charge in [-0.2, -0.15) is 0 Å². The molecule has 0 heterocycles. The zero-order valence-electron chi connectivity index (χ0n) is 22.3. The molecule has 0 amide bonds. The Bertz CT molecular complexity index is 486. The average molecular weight is 467 g/mol. The quantitative estimate of drug-likeness (QED) is 0.0809. The first-order valence-electron chi connectivity index (χ1n) is 14.0. The van der Waals surface area contributed by atoms with E-state index in [0.29, 0.717) is 12.0 Å². The van der Waals surface area contributed by atoms with Crippen molar-refractivity contribution < 1.29 is 19.1 Å². The Balaban J connectivity index is 3.28. The molecule has 0 bridgehead atoms. The van der Waals surface area contributed by atoms with E-state index in [1.54, 1.807) is 13.8 Å². The van der Waals surface area contributed by atoms with E-state index in [2.05, 4.69) is 13.5 Å². The van der Waals surface area contributed by atoms with Crippen molar-refractivity contribution in [3.05, 3.63) is 12.2 Å². The minimum atomic E-state index is -0.447. The monoisotopic (exact) mass is 466 g/mol. The summed E-state index contributed by atoms with van der Waals surface area (Å²) in [4.78, 5) is 23.2.